The van der Waals surface area contributed by atoms with Crippen LogP contribution < -0.4 is 10.6 Å². The van der Waals surface area contributed by atoms with Gasteiger partial charge in [0.15, 0.2) is 4.67 Å². The molecule has 0 spiro atoms. The maximum absolute atomic E-state index is 12.1. The number of anilines is 1. The number of furan rings is 1. The van der Waals surface area contributed by atoms with Crippen molar-refractivity contribution < 1.29 is 14.0 Å². The molecule has 0 atom stereocenters. The minimum Gasteiger partial charge on any atom is -0.457 e. The van der Waals surface area contributed by atoms with Gasteiger partial charge in [0.1, 0.15) is 0 Å². The first kappa shape index (κ1) is 14.3. The zero-order valence-electron chi connectivity index (χ0n) is 10.8. The molecule has 2 rings (SSSR count). The first-order valence-electron chi connectivity index (χ1n) is 5.94. The van der Waals surface area contributed by atoms with Gasteiger partial charge in [-0.05, 0) is 33.6 Å². The summed E-state index contributed by atoms with van der Waals surface area (Å²) in [5, 5.41) is 5.33. The lowest BCUT2D eigenvalue weighted by Gasteiger charge is -2.10. The molecule has 1 heterocycles. The molecule has 0 fully saturated rings. The Morgan fingerprint density at radius 2 is 2.00 bits per heavy atom. The smallest absolute Gasteiger partial charge is 0.260 e. The number of carbonyl (C=O) groups is 2. The van der Waals surface area contributed by atoms with Crippen LogP contribution >= 0.6 is 15.9 Å². The highest BCUT2D eigenvalue weighted by Crippen LogP contribution is 2.21. The SMILES string of the molecule is CNC(=O)Cc1ccccc1NC(=O)c1ccoc1Br. The molecule has 0 aliphatic carbocycles. The third-order valence-corrected chi connectivity index (χ3v) is 3.37. The first-order valence-corrected chi connectivity index (χ1v) is 6.74. The Morgan fingerprint density at radius 3 is 2.65 bits per heavy atom. The fourth-order valence-corrected chi connectivity index (χ4v) is 2.12. The molecule has 5 nitrogen and oxygen atoms in total. The van der Waals surface area contributed by atoms with Gasteiger partial charge < -0.3 is 15.1 Å². The lowest BCUT2D eigenvalue weighted by atomic mass is 10.1. The molecular formula is C14H13BrN2O3. The molecule has 104 valence electrons. The molecule has 0 radical (unpaired) electrons. The lowest BCUT2D eigenvalue weighted by molar-refractivity contribution is -0.119. The molecule has 0 aliphatic heterocycles. The summed E-state index contributed by atoms with van der Waals surface area (Å²) in [4.78, 5) is 23.6. The molecule has 0 saturated heterocycles. The Morgan fingerprint density at radius 1 is 1.25 bits per heavy atom. The molecule has 2 amide bonds. The summed E-state index contributed by atoms with van der Waals surface area (Å²) < 4.78 is 5.40. The Kier molecular flexibility index (Phi) is 4.57. The van der Waals surface area contributed by atoms with Crippen molar-refractivity contribution in [1.82, 2.24) is 5.32 Å². The summed E-state index contributed by atoms with van der Waals surface area (Å²) in [6.45, 7) is 0. The number of halogens is 1. The van der Waals surface area contributed by atoms with E-state index in [9.17, 15) is 9.59 Å². The van der Waals surface area contributed by atoms with Crippen molar-refractivity contribution in [3.8, 4) is 0 Å². The van der Waals surface area contributed by atoms with E-state index in [2.05, 4.69) is 26.6 Å². The largest absolute Gasteiger partial charge is 0.457 e. The molecule has 2 N–H and O–H groups in total. The number of hydrogen-bond acceptors (Lipinski definition) is 3. The summed E-state index contributed by atoms with van der Waals surface area (Å²) in [6.07, 6.45) is 1.63. The van der Waals surface area contributed by atoms with Gasteiger partial charge in [-0.25, -0.2) is 0 Å². The van der Waals surface area contributed by atoms with Crippen molar-refractivity contribution in [2.45, 2.75) is 6.42 Å². The zero-order valence-corrected chi connectivity index (χ0v) is 12.4. The molecule has 0 saturated carbocycles. The predicted molar refractivity (Wildman–Crippen MR) is 78.6 cm³/mol. The van der Waals surface area contributed by atoms with E-state index in [0.717, 1.165) is 5.56 Å². The number of amides is 2. The Balaban J connectivity index is 2.19. The van der Waals surface area contributed by atoms with Crippen LogP contribution in [-0.4, -0.2) is 18.9 Å². The van der Waals surface area contributed by atoms with E-state index >= 15 is 0 Å². The van der Waals surface area contributed by atoms with E-state index < -0.39 is 0 Å². The van der Waals surface area contributed by atoms with Crippen molar-refractivity contribution >= 4 is 33.4 Å². The van der Waals surface area contributed by atoms with Crippen molar-refractivity contribution in [3.05, 3.63) is 52.4 Å². The number of carbonyl (C=O) groups excluding carboxylic acids is 2. The lowest BCUT2D eigenvalue weighted by Crippen LogP contribution is -2.21. The second kappa shape index (κ2) is 6.38. The summed E-state index contributed by atoms with van der Waals surface area (Å²) in [6, 6.07) is 8.75. The second-order valence-corrected chi connectivity index (χ2v) is 4.79. The van der Waals surface area contributed by atoms with Crippen LogP contribution in [0.2, 0.25) is 0 Å². The third-order valence-electron chi connectivity index (χ3n) is 2.76. The topological polar surface area (TPSA) is 71.3 Å². The number of nitrogens with one attached hydrogen (secondary N) is 2. The number of para-hydroxylation sites is 1. The standard InChI is InChI=1S/C14H13BrN2O3/c1-16-12(18)8-9-4-2-3-5-11(9)17-14(19)10-6-7-20-13(10)15/h2-7H,8H2,1H3,(H,16,18)(H,17,19). The summed E-state index contributed by atoms with van der Waals surface area (Å²) in [7, 11) is 1.58. The highest BCUT2D eigenvalue weighted by Gasteiger charge is 2.14. The Bertz CT molecular complexity index is 637. The molecule has 20 heavy (non-hydrogen) atoms. The van der Waals surface area contributed by atoms with Crippen molar-refractivity contribution in [1.29, 1.82) is 0 Å². The number of benzene rings is 1. The van der Waals surface area contributed by atoms with E-state index in [1.54, 1.807) is 31.3 Å². The van der Waals surface area contributed by atoms with Gasteiger partial charge in [0.2, 0.25) is 5.91 Å². The van der Waals surface area contributed by atoms with Crippen LogP contribution in [0.3, 0.4) is 0 Å². The Hall–Kier alpha value is -2.08. The van der Waals surface area contributed by atoms with E-state index in [0.29, 0.717) is 15.9 Å². The minimum absolute atomic E-state index is 0.115. The molecule has 1 aromatic heterocycles. The zero-order chi connectivity index (χ0) is 14.5. The molecule has 0 bridgehead atoms. The van der Waals surface area contributed by atoms with E-state index in [1.165, 1.54) is 6.26 Å². The fourth-order valence-electron chi connectivity index (χ4n) is 1.70. The van der Waals surface area contributed by atoms with E-state index in [1.807, 2.05) is 6.07 Å². The first-order chi connectivity index (χ1) is 9.61. The van der Waals surface area contributed by atoms with Crippen molar-refractivity contribution in [2.24, 2.45) is 0 Å². The van der Waals surface area contributed by atoms with Gasteiger partial charge in [0, 0.05) is 12.7 Å². The minimum atomic E-state index is -0.296. The van der Waals surface area contributed by atoms with Crippen LogP contribution in [0.4, 0.5) is 5.69 Å². The predicted octanol–water partition coefficient (Wildman–Crippen LogP) is 2.58. The van der Waals surface area contributed by atoms with Crippen LogP contribution in [0.5, 0.6) is 0 Å². The normalized spacial score (nSPS) is 10.1. The van der Waals surface area contributed by atoms with Crippen LogP contribution in [0.25, 0.3) is 0 Å². The van der Waals surface area contributed by atoms with Gasteiger partial charge in [0.05, 0.1) is 18.2 Å². The number of hydrogen-bond donors (Lipinski definition) is 2. The monoisotopic (exact) mass is 336 g/mol. The molecule has 0 aliphatic rings. The van der Waals surface area contributed by atoms with Crippen LogP contribution in [-0.2, 0) is 11.2 Å². The quantitative estimate of drug-likeness (QED) is 0.901. The third kappa shape index (κ3) is 3.27. The fraction of sp³-hybridized carbons (Fsp3) is 0.143. The highest BCUT2D eigenvalue weighted by molar-refractivity contribution is 9.10. The molecule has 6 heteroatoms. The summed E-state index contributed by atoms with van der Waals surface area (Å²) in [5.41, 5.74) is 1.76. The second-order valence-electron chi connectivity index (χ2n) is 4.07. The Labute approximate surface area is 124 Å². The van der Waals surface area contributed by atoms with Gasteiger partial charge in [0.25, 0.3) is 5.91 Å². The number of rotatable bonds is 4. The summed E-state index contributed by atoms with van der Waals surface area (Å²) >= 11 is 3.16. The highest BCUT2D eigenvalue weighted by atomic mass is 79.9. The van der Waals surface area contributed by atoms with Crippen molar-refractivity contribution in [3.63, 3.8) is 0 Å². The maximum Gasteiger partial charge on any atom is 0.260 e. The van der Waals surface area contributed by atoms with Crippen LogP contribution in [0, 0.1) is 0 Å². The van der Waals surface area contributed by atoms with Gasteiger partial charge in [-0.3, -0.25) is 9.59 Å². The average Bonchev–Trinajstić information content (AvgIpc) is 2.87. The average molecular weight is 337 g/mol. The van der Waals surface area contributed by atoms with Crippen molar-refractivity contribution in [2.75, 3.05) is 12.4 Å². The molecule has 0 unspecified atom stereocenters. The van der Waals surface area contributed by atoms with Gasteiger partial charge in [-0.15, -0.1) is 0 Å². The van der Waals surface area contributed by atoms with Crippen LogP contribution in [0.15, 0.2) is 45.7 Å². The molecule has 1 aromatic carbocycles. The van der Waals surface area contributed by atoms with Gasteiger partial charge >= 0.3 is 0 Å². The van der Waals surface area contributed by atoms with E-state index in [4.69, 9.17) is 4.42 Å². The molecular weight excluding hydrogens is 324 g/mol. The maximum atomic E-state index is 12.1. The number of likely N-dealkylation sites (N-methyl/N-ethyl adjacent to an activating group) is 1. The van der Waals surface area contributed by atoms with Crippen LogP contribution in [0.1, 0.15) is 15.9 Å². The van der Waals surface area contributed by atoms with Gasteiger partial charge in [-0.2, -0.15) is 0 Å². The summed E-state index contributed by atoms with van der Waals surface area (Å²) in [5.74, 6) is -0.411. The molecule has 2 aromatic rings. The van der Waals surface area contributed by atoms with E-state index in [-0.39, 0.29) is 18.2 Å². The van der Waals surface area contributed by atoms with Gasteiger partial charge in [-0.1, -0.05) is 18.2 Å².